The van der Waals surface area contributed by atoms with Gasteiger partial charge in [-0.2, -0.15) is 0 Å². The van der Waals surface area contributed by atoms with Crippen LogP contribution in [0.15, 0.2) is 18.2 Å². The van der Waals surface area contributed by atoms with Gasteiger partial charge < -0.3 is 15.2 Å². The summed E-state index contributed by atoms with van der Waals surface area (Å²) in [7, 11) is 1.52. The fourth-order valence-electron chi connectivity index (χ4n) is 3.29. The number of methoxy groups -OCH3 is 1. The number of nitro benzene ring substituents is 1. The van der Waals surface area contributed by atoms with E-state index in [1.54, 1.807) is 12.1 Å². The topological polar surface area (TPSA) is 105 Å². The van der Waals surface area contributed by atoms with E-state index < -0.39 is 10.9 Å². The van der Waals surface area contributed by atoms with Gasteiger partial charge in [-0.3, -0.25) is 19.8 Å². The zero-order valence-corrected chi connectivity index (χ0v) is 14.2. The first-order chi connectivity index (χ1) is 12.0. The summed E-state index contributed by atoms with van der Waals surface area (Å²) >= 11 is 0. The first-order valence-electron chi connectivity index (χ1n) is 8.51. The van der Waals surface area contributed by atoms with E-state index in [-0.39, 0.29) is 24.3 Å². The molecule has 8 nitrogen and oxygen atoms in total. The lowest BCUT2D eigenvalue weighted by atomic mass is 9.85. The van der Waals surface area contributed by atoms with Gasteiger partial charge in [-0.25, -0.2) is 0 Å². The number of ether oxygens (including phenoxy) is 1. The number of hydrogen-bond acceptors (Lipinski definition) is 6. The molecule has 0 aliphatic heterocycles. The lowest BCUT2D eigenvalue weighted by Gasteiger charge is -2.43. The standard InChI is InChI=1S/C17H23N3O5/c1-25-14-4-5-16(20(23)24)15(8-14)18-12-6-13(7-12)19(10-17(21)22)9-11-2-3-11/h4-5,8,11-13,18H,2-3,6-7,9-10H2,1H3,(H,21,22). The molecule has 0 atom stereocenters. The smallest absolute Gasteiger partial charge is 0.317 e. The third-order valence-corrected chi connectivity index (χ3v) is 4.92. The lowest BCUT2D eigenvalue weighted by Crippen LogP contribution is -2.52. The molecular weight excluding hydrogens is 326 g/mol. The molecule has 1 aromatic carbocycles. The van der Waals surface area contributed by atoms with E-state index in [4.69, 9.17) is 9.84 Å². The maximum atomic E-state index is 11.2. The van der Waals surface area contributed by atoms with Crippen LogP contribution in [0.3, 0.4) is 0 Å². The lowest BCUT2D eigenvalue weighted by molar-refractivity contribution is -0.384. The predicted octanol–water partition coefficient (Wildman–Crippen LogP) is 2.34. The van der Waals surface area contributed by atoms with Gasteiger partial charge in [-0.15, -0.1) is 0 Å². The average molecular weight is 349 g/mol. The van der Waals surface area contributed by atoms with Gasteiger partial charge in [0.05, 0.1) is 18.6 Å². The number of carboxylic acid groups (broad SMARTS) is 1. The van der Waals surface area contributed by atoms with Crippen molar-refractivity contribution >= 4 is 17.3 Å². The Hall–Kier alpha value is -2.35. The molecule has 25 heavy (non-hydrogen) atoms. The fraction of sp³-hybridized carbons (Fsp3) is 0.588. The highest BCUT2D eigenvalue weighted by atomic mass is 16.6. The quantitative estimate of drug-likeness (QED) is 0.521. The molecule has 0 saturated heterocycles. The highest BCUT2D eigenvalue weighted by Crippen LogP contribution is 2.36. The van der Waals surface area contributed by atoms with E-state index in [1.165, 1.54) is 26.0 Å². The van der Waals surface area contributed by atoms with Crippen LogP contribution in [0.25, 0.3) is 0 Å². The van der Waals surface area contributed by atoms with Crippen molar-refractivity contribution in [2.45, 2.75) is 37.8 Å². The summed E-state index contributed by atoms with van der Waals surface area (Å²) < 4.78 is 5.14. The van der Waals surface area contributed by atoms with E-state index >= 15 is 0 Å². The summed E-state index contributed by atoms with van der Waals surface area (Å²) in [6.07, 6.45) is 3.93. The maximum absolute atomic E-state index is 11.2. The number of rotatable bonds is 9. The minimum Gasteiger partial charge on any atom is -0.497 e. The number of nitrogens with zero attached hydrogens (tertiary/aromatic N) is 2. The molecule has 1 aromatic rings. The molecule has 0 spiro atoms. The van der Waals surface area contributed by atoms with Crippen molar-refractivity contribution in [1.82, 2.24) is 4.90 Å². The van der Waals surface area contributed by atoms with E-state index in [1.807, 2.05) is 4.90 Å². The average Bonchev–Trinajstić information content (AvgIpc) is 3.33. The van der Waals surface area contributed by atoms with Crippen LogP contribution in [0.1, 0.15) is 25.7 Å². The second kappa shape index (κ2) is 7.26. The summed E-state index contributed by atoms with van der Waals surface area (Å²) in [5, 5.41) is 23.5. The third-order valence-electron chi connectivity index (χ3n) is 4.92. The summed E-state index contributed by atoms with van der Waals surface area (Å²) in [6.45, 7) is 0.899. The number of anilines is 1. The highest BCUT2D eigenvalue weighted by Gasteiger charge is 2.37. The third kappa shape index (κ3) is 4.39. The van der Waals surface area contributed by atoms with Gasteiger partial charge >= 0.3 is 5.97 Å². The van der Waals surface area contributed by atoms with E-state index in [9.17, 15) is 14.9 Å². The Labute approximate surface area is 145 Å². The van der Waals surface area contributed by atoms with Crippen LogP contribution >= 0.6 is 0 Å². The Bertz CT molecular complexity index is 656. The first kappa shape index (κ1) is 17.5. The zero-order valence-electron chi connectivity index (χ0n) is 14.2. The normalized spacial score (nSPS) is 22.3. The van der Waals surface area contributed by atoms with Crippen LogP contribution in [-0.4, -0.2) is 53.2 Å². The molecule has 0 unspecified atom stereocenters. The van der Waals surface area contributed by atoms with Crippen molar-refractivity contribution in [2.75, 3.05) is 25.5 Å². The number of carboxylic acids is 1. The molecule has 3 rings (SSSR count). The summed E-state index contributed by atoms with van der Waals surface area (Å²) in [6, 6.07) is 4.95. The van der Waals surface area contributed by atoms with Gasteiger partial charge in [-0.05, 0) is 37.7 Å². The molecule has 2 aliphatic carbocycles. The summed E-state index contributed by atoms with van der Waals surface area (Å²) in [5.74, 6) is 0.386. The van der Waals surface area contributed by atoms with Crippen LogP contribution in [-0.2, 0) is 4.79 Å². The number of benzene rings is 1. The maximum Gasteiger partial charge on any atom is 0.317 e. The number of carbonyl (C=O) groups is 1. The minimum absolute atomic E-state index is 0.0182. The predicted molar refractivity (Wildman–Crippen MR) is 92.0 cm³/mol. The van der Waals surface area contributed by atoms with Gasteiger partial charge in [0.25, 0.3) is 5.69 Å². The molecule has 0 aromatic heterocycles. The van der Waals surface area contributed by atoms with Crippen molar-refractivity contribution in [3.05, 3.63) is 28.3 Å². The largest absolute Gasteiger partial charge is 0.497 e. The molecule has 2 saturated carbocycles. The molecule has 0 heterocycles. The summed E-state index contributed by atoms with van der Waals surface area (Å²) in [4.78, 5) is 23.9. The van der Waals surface area contributed by atoms with Gasteiger partial charge in [0, 0.05) is 30.8 Å². The van der Waals surface area contributed by atoms with E-state index in [2.05, 4.69) is 5.32 Å². The van der Waals surface area contributed by atoms with Crippen LogP contribution in [0.5, 0.6) is 5.75 Å². The van der Waals surface area contributed by atoms with E-state index in [0.29, 0.717) is 17.4 Å². The van der Waals surface area contributed by atoms with Crippen molar-refractivity contribution in [3.63, 3.8) is 0 Å². The van der Waals surface area contributed by atoms with Crippen LogP contribution < -0.4 is 10.1 Å². The van der Waals surface area contributed by atoms with Gasteiger partial charge in [0.1, 0.15) is 11.4 Å². The van der Waals surface area contributed by atoms with Crippen LogP contribution in [0, 0.1) is 16.0 Å². The monoisotopic (exact) mass is 349 g/mol. The fourth-order valence-corrected chi connectivity index (χ4v) is 3.29. The number of nitro groups is 1. The molecule has 2 fully saturated rings. The van der Waals surface area contributed by atoms with Gasteiger partial charge in [-0.1, -0.05) is 0 Å². The molecule has 0 bridgehead atoms. The van der Waals surface area contributed by atoms with Crippen molar-refractivity contribution < 1.29 is 19.6 Å². The SMILES string of the molecule is COc1ccc([N+](=O)[O-])c(NC2CC(N(CC(=O)O)CC3CC3)C2)c1. The second-order valence-electron chi connectivity index (χ2n) is 6.87. The van der Waals surface area contributed by atoms with Gasteiger partial charge in [0.15, 0.2) is 0 Å². The Morgan fingerprint density at radius 1 is 1.44 bits per heavy atom. The highest BCUT2D eigenvalue weighted by molar-refractivity contribution is 5.69. The Kier molecular flexibility index (Phi) is 5.08. The van der Waals surface area contributed by atoms with Crippen LogP contribution in [0.2, 0.25) is 0 Å². The molecule has 136 valence electrons. The molecular formula is C17H23N3O5. The minimum atomic E-state index is -0.805. The first-order valence-corrected chi connectivity index (χ1v) is 8.51. The number of nitrogens with one attached hydrogen (secondary N) is 1. The van der Waals surface area contributed by atoms with Crippen LogP contribution in [0.4, 0.5) is 11.4 Å². The molecule has 8 heteroatoms. The van der Waals surface area contributed by atoms with Gasteiger partial charge in [0.2, 0.25) is 0 Å². The number of hydrogen-bond donors (Lipinski definition) is 2. The number of aliphatic carboxylic acids is 1. The molecule has 2 N–H and O–H groups in total. The Morgan fingerprint density at radius 2 is 2.16 bits per heavy atom. The molecule has 0 radical (unpaired) electrons. The molecule has 0 amide bonds. The van der Waals surface area contributed by atoms with Crippen molar-refractivity contribution in [2.24, 2.45) is 5.92 Å². The van der Waals surface area contributed by atoms with Crippen molar-refractivity contribution in [3.8, 4) is 5.75 Å². The molecule has 2 aliphatic rings. The Balaban J connectivity index is 1.60. The second-order valence-corrected chi connectivity index (χ2v) is 6.87. The summed E-state index contributed by atoms with van der Waals surface area (Å²) in [5.41, 5.74) is 0.462. The Morgan fingerprint density at radius 3 is 2.72 bits per heavy atom. The van der Waals surface area contributed by atoms with Crippen molar-refractivity contribution in [1.29, 1.82) is 0 Å². The zero-order chi connectivity index (χ0) is 18.0. The van der Waals surface area contributed by atoms with E-state index in [0.717, 1.165) is 19.4 Å².